The number of amides is 5. The Morgan fingerprint density at radius 2 is 1.63 bits per heavy atom. The van der Waals surface area contributed by atoms with Crippen molar-refractivity contribution >= 4 is 79.0 Å². The fourth-order valence-corrected chi connectivity index (χ4v) is 5.37. The van der Waals surface area contributed by atoms with Gasteiger partial charge in [-0.05, 0) is 111 Å². The lowest BCUT2D eigenvalue weighted by molar-refractivity contribution is -0.122. The number of aryl methyl sites for hydroxylation is 2. The largest absolute Gasteiger partial charge is 0.481 e. The summed E-state index contributed by atoms with van der Waals surface area (Å²) >= 11 is 6.82. The predicted octanol–water partition coefficient (Wildman–Crippen LogP) is 5.30. The number of rotatable bonds is 7. The summed E-state index contributed by atoms with van der Waals surface area (Å²) in [6.45, 7) is 3.56. The van der Waals surface area contributed by atoms with E-state index in [0.717, 1.165) is 16.0 Å². The molecule has 210 valence electrons. The van der Waals surface area contributed by atoms with Crippen LogP contribution in [0.5, 0.6) is 5.75 Å². The van der Waals surface area contributed by atoms with Gasteiger partial charge < -0.3 is 14.8 Å². The van der Waals surface area contributed by atoms with Crippen LogP contribution in [0.3, 0.4) is 0 Å². The maximum Gasteiger partial charge on any atom is 0.337 e. The topological polar surface area (TPSA) is 131 Å². The smallest absolute Gasteiger partial charge is 0.337 e. The molecule has 1 heterocycles. The molecule has 1 aliphatic rings. The van der Waals surface area contributed by atoms with E-state index >= 15 is 0 Å². The van der Waals surface area contributed by atoms with Gasteiger partial charge in [0.05, 0.1) is 27.3 Å². The van der Waals surface area contributed by atoms with Crippen LogP contribution in [0.15, 0.2) is 69.1 Å². The summed E-state index contributed by atoms with van der Waals surface area (Å²) in [4.78, 5) is 63.3. The number of hydrogen-bond acceptors (Lipinski definition) is 7. The van der Waals surface area contributed by atoms with E-state index in [2.05, 4.69) is 47.2 Å². The first kappa shape index (κ1) is 29.7. The number of ether oxygens (including phenoxy) is 2. The molecule has 0 atom stereocenters. The van der Waals surface area contributed by atoms with Crippen LogP contribution in [0.25, 0.3) is 6.08 Å². The van der Waals surface area contributed by atoms with Gasteiger partial charge in [0.25, 0.3) is 17.7 Å². The molecule has 3 aromatic carbocycles. The zero-order chi connectivity index (χ0) is 29.8. The van der Waals surface area contributed by atoms with E-state index in [1.54, 1.807) is 12.1 Å². The molecule has 1 saturated heterocycles. The summed E-state index contributed by atoms with van der Waals surface area (Å²) in [7, 11) is 1.24. The number of carbonyl (C=O) groups excluding carboxylic acids is 5. The Labute approximate surface area is 251 Å². The van der Waals surface area contributed by atoms with E-state index in [0.29, 0.717) is 25.9 Å². The molecule has 0 saturated carbocycles. The summed E-state index contributed by atoms with van der Waals surface area (Å²) in [5.41, 5.74) is 3.16. The first-order valence-corrected chi connectivity index (χ1v) is 13.7. The number of carbonyl (C=O) groups is 5. The number of benzene rings is 3. The molecule has 1 aliphatic heterocycles. The Balaban J connectivity index is 1.52. The summed E-state index contributed by atoms with van der Waals surface area (Å²) in [5, 5.41) is 4.98. The molecule has 0 radical (unpaired) electrons. The number of anilines is 2. The first-order valence-electron chi connectivity index (χ1n) is 12.1. The molecule has 10 nitrogen and oxygen atoms in total. The lowest BCUT2D eigenvalue weighted by Gasteiger charge is -2.26. The van der Waals surface area contributed by atoms with Crippen molar-refractivity contribution in [3.8, 4) is 5.75 Å². The second-order valence-corrected chi connectivity index (χ2v) is 10.7. The Morgan fingerprint density at radius 3 is 2.27 bits per heavy atom. The van der Waals surface area contributed by atoms with E-state index in [1.807, 2.05) is 32.0 Å². The van der Waals surface area contributed by atoms with Gasteiger partial charge in [-0.3, -0.25) is 19.7 Å². The minimum absolute atomic E-state index is 0.156. The lowest BCUT2D eigenvalue weighted by Crippen LogP contribution is -2.54. The number of hydrogen-bond donors (Lipinski definition) is 2. The summed E-state index contributed by atoms with van der Waals surface area (Å²) in [5.74, 6) is -2.30. The molecule has 0 bridgehead atoms. The number of urea groups is 1. The highest BCUT2D eigenvalue weighted by molar-refractivity contribution is 9.11. The van der Waals surface area contributed by atoms with E-state index in [4.69, 9.17) is 4.74 Å². The number of imide groups is 2. The van der Waals surface area contributed by atoms with Gasteiger partial charge in [-0.1, -0.05) is 12.1 Å². The van der Waals surface area contributed by atoms with Gasteiger partial charge in [0.1, 0.15) is 11.3 Å². The number of halogens is 2. The average molecular weight is 685 g/mol. The van der Waals surface area contributed by atoms with E-state index in [-0.39, 0.29) is 29.3 Å². The Kier molecular flexibility index (Phi) is 9.04. The molecule has 0 aromatic heterocycles. The second kappa shape index (κ2) is 12.5. The van der Waals surface area contributed by atoms with Gasteiger partial charge in [0.2, 0.25) is 0 Å². The van der Waals surface area contributed by atoms with Crippen molar-refractivity contribution in [2.75, 3.05) is 23.9 Å². The molecule has 41 heavy (non-hydrogen) atoms. The van der Waals surface area contributed by atoms with Crippen molar-refractivity contribution < 1.29 is 33.4 Å². The molecular formula is C29H23Br2N3O7. The van der Waals surface area contributed by atoms with Crippen molar-refractivity contribution in [2.45, 2.75) is 13.8 Å². The molecule has 0 aliphatic carbocycles. The molecule has 3 aromatic rings. The third-order valence-electron chi connectivity index (χ3n) is 5.99. The van der Waals surface area contributed by atoms with Crippen molar-refractivity contribution in [1.29, 1.82) is 0 Å². The maximum absolute atomic E-state index is 13.2. The van der Waals surface area contributed by atoms with Crippen molar-refractivity contribution in [3.63, 3.8) is 0 Å². The van der Waals surface area contributed by atoms with Gasteiger partial charge in [0, 0.05) is 5.69 Å². The third-order valence-corrected chi connectivity index (χ3v) is 7.17. The van der Waals surface area contributed by atoms with Gasteiger partial charge in [-0.25, -0.2) is 14.5 Å². The highest BCUT2D eigenvalue weighted by atomic mass is 79.9. The Hall–Kier alpha value is -4.29. The summed E-state index contributed by atoms with van der Waals surface area (Å²) in [6, 6.07) is 13.6. The summed E-state index contributed by atoms with van der Waals surface area (Å²) in [6.07, 6.45) is 1.33. The van der Waals surface area contributed by atoms with E-state index < -0.39 is 23.8 Å². The normalized spacial score (nSPS) is 14.1. The number of nitrogens with one attached hydrogen (secondary N) is 2. The quantitative estimate of drug-likeness (QED) is 0.196. The third kappa shape index (κ3) is 6.72. The molecule has 1 fully saturated rings. The first-order chi connectivity index (χ1) is 19.5. The lowest BCUT2D eigenvalue weighted by atomic mass is 10.1. The number of barbiturate groups is 1. The molecule has 5 amide bonds. The van der Waals surface area contributed by atoms with Crippen LogP contribution >= 0.6 is 31.9 Å². The maximum atomic E-state index is 13.2. The Bertz CT molecular complexity index is 1590. The molecule has 0 unspecified atom stereocenters. The monoisotopic (exact) mass is 683 g/mol. The highest BCUT2D eigenvalue weighted by Crippen LogP contribution is 2.36. The zero-order valence-corrected chi connectivity index (χ0v) is 25.2. The van der Waals surface area contributed by atoms with E-state index in [9.17, 15) is 24.0 Å². The molecule has 4 rings (SSSR count). The van der Waals surface area contributed by atoms with Gasteiger partial charge >= 0.3 is 12.0 Å². The minimum Gasteiger partial charge on any atom is -0.481 e. The number of methoxy groups -OCH3 is 1. The number of esters is 1. The van der Waals surface area contributed by atoms with Crippen molar-refractivity contribution in [3.05, 3.63) is 91.4 Å². The summed E-state index contributed by atoms with van der Waals surface area (Å²) < 4.78 is 11.3. The number of nitrogens with zero attached hydrogens (tertiary/aromatic N) is 1. The van der Waals surface area contributed by atoms with Crippen molar-refractivity contribution in [2.24, 2.45) is 0 Å². The van der Waals surface area contributed by atoms with Crippen LogP contribution in [-0.2, 0) is 19.1 Å². The molecule has 12 heteroatoms. The van der Waals surface area contributed by atoms with Crippen LogP contribution < -0.4 is 20.3 Å². The van der Waals surface area contributed by atoms with E-state index in [1.165, 1.54) is 37.5 Å². The van der Waals surface area contributed by atoms with Crippen LogP contribution in [0.2, 0.25) is 0 Å². The predicted molar refractivity (Wildman–Crippen MR) is 159 cm³/mol. The van der Waals surface area contributed by atoms with Crippen LogP contribution in [0.1, 0.15) is 27.0 Å². The van der Waals surface area contributed by atoms with Gasteiger partial charge in [-0.2, -0.15) is 0 Å². The SMILES string of the molecule is COC(=O)c1ccc(N2C(=O)NC(=O)/C(=C/c3cc(Br)c(OCC(=O)Nc4cc(C)ccc4C)c(Br)c3)C2=O)cc1. The van der Waals surface area contributed by atoms with Gasteiger partial charge in [-0.15, -0.1) is 0 Å². The van der Waals surface area contributed by atoms with Gasteiger partial charge in [0.15, 0.2) is 6.61 Å². The molecule has 0 spiro atoms. The fourth-order valence-electron chi connectivity index (χ4n) is 3.92. The van der Waals surface area contributed by atoms with Crippen LogP contribution in [-0.4, -0.2) is 43.4 Å². The second-order valence-electron chi connectivity index (χ2n) is 8.97. The molecule has 2 N–H and O–H groups in total. The minimum atomic E-state index is -0.923. The fraction of sp³-hybridized carbons (Fsp3) is 0.138. The van der Waals surface area contributed by atoms with Crippen molar-refractivity contribution in [1.82, 2.24) is 5.32 Å². The van der Waals surface area contributed by atoms with Crippen LogP contribution in [0, 0.1) is 13.8 Å². The molecular weight excluding hydrogens is 662 g/mol. The van der Waals surface area contributed by atoms with Crippen LogP contribution in [0.4, 0.5) is 16.2 Å². The highest BCUT2D eigenvalue weighted by Gasteiger charge is 2.37. The average Bonchev–Trinajstić information content (AvgIpc) is 2.92. The zero-order valence-electron chi connectivity index (χ0n) is 22.0. The Morgan fingerprint density at radius 1 is 0.976 bits per heavy atom. The standard InChI is InChI=1S/C29H23Br2N3O7/c1-15-4-5-16(2)23(10-15)32-24(35)14-41-25-21(30)12-17(13-22(25)31)11-20-26(36)33-29(39)34(27(20)37)19-8-6-18(7-9-19)28(38)40-3/h4-13H,14H2,1-3H3,(H,32,35)(H,33,36,39)/b20-11-.